The number of nitrogens with zero attached hydrogens (tertiary/aromatic N) is 4. The SMILES string of the molecule is N[C@@H](Cc1ccccc1)c1nnc(S(=O)(=O)Cc2cccc([N+](=O)[O-])c2)n1CCc1ccccc1. The number of nitro groups is 1. The van der Waals surface area contributed by atoms with Crippen LogP contribution in [-0.2, 0) is 35.0 Å². The van der Waals surface area contributed by atoms with E-state index in [4.69, 9.17) is 5.73 Å². The topological polar surface area (TPSA) is 134 Å². The summed E-state index contributed by atoms with van der Waals surface area (Å²) in [5.74, 6) is -0.0612. The fourth-order valence-corrected chi connectivity index (χ4v) is 5.34. The summed E-state index contributed by atoms with van der Waals surface area (Å²) < 4.78 is 28.3. The molecule has 10 heteroatoms. The van der Waals surface area contributed by atoms with Crippen LogP contribution in [-0.4, -0.2) is 28.1 Å². The predicted molar refractivity (Wildman–Crippen MR) is 131 cm³/mol. The zero-order chi connectivity index (χ0) is 24.8. The molecule has 1 aromatic heterocycles. The second-order valence-electron chi connectivity index (χ2n) is 8.21. The van der Waals surface area contributed by atoms with E-state index in [0.717, 1.165) is 11.1 Å². The van der Waals surface area contributed by atoms with Crippen molar-refractivity contribution in [2.45, 2.75) is 36.3 Å². The Morgan fingerprint density at radius 2 is 1.51 bits per heavy atom. The van der Waals surface area contributed by atoms with Crippen LogP contribution in [0.5, 0.6) is 0 Å². The van der Waals surface area contributed by atoms with Crippen LogP contribution < -0.4 is 5.73 Å². The molecule has 0 saturated heterocycles. The quantitative estimate of drug-likeness (QED) is 0.264. The van der Waals surface area contributed by atoms with Crippen LogP contribution in [0.3, 0.4) is 0 Å². The highest BCUT2D eigenvalue weighted by atomic mass is 32.2. The molecular weight excluding hydrogens is 466 g/mol. The maximum Gasteiger partial charge on any atom is 0.269 e. The van der Waals surface area contributed by atoms with Gasteiger partial charge in [-0.25, -0.2) is 8.42 Å². The molecule has 0 aliphatic rings. The molecule has 3 aromatic carbocycles. The van der Waals surface area contributed by atoms with E-state index in [1.807, 2.05) is 60.7 Å². The van der Waals surface area contributed by atoms with Crippen molar-refractivity contribution >= 4 is 15.5 Å². The molecule has 0 spiro atoms. The number of hydrogen-bond donors (Lipinski definition) is 1. The van der Waals surface area contributed by atoms with E-state index >= 15 is 0 Å². The van der Waals surface area contributed by atoms with Crippen LogP contribution >= 0.6 is 0 Å². The number of nitro benzene ring substituents is 1. The minimum absolute atomic E-state index is 0.172. The Morgan fingerprint density at radius 1 is 0.886 bits per heavy atom. The summed E-state index contributed by atoms with van der Waals surface area (Å²) in [4.78, 5) is 10.6. The van der Waals surface area contributed by atoms with Crippen molar-refractivity contribution in [3.63, 3.8) is 0 Å². The lowest BCUT2D eigenvalue weighted by molar-refractivity contribution is -0.384. The fourth-order valence-electron chi connectivity index (χ4n) is 3.90. The molecule has 0 aliphatic heterocycles. The first kappa shape index (κ1) is 24.2. The van der Waals surface area contributed by atoms with Crippen LogP contribution in [0.15, 0.2) is 90.1 Å². The van der Waals surface area contributed by atoms with Crippen molar-refractivity contribution in [2.24, 2.45) is 5.73 Å². The number of nitrogens with two attached hydrogens (primary N) is 1. The number of aryl methyl sites for hydroxylation is 1. The van der Waals surface area contributed by atoms with Crippen molar-refractivity contribution in [3.05, 3.63) is 118 Å². The van der Waals surface area contributed by atoms with Gasteiger partial charge in [0.05, 0.1) is 16.7 Å². The molecule has 0 fully saturated rings. The van der Waals surface area contributed by atoms with Gasteiger partial charge >= 0.3 is 0 Å². The molecule has 4 aromatic rings. The number of sulfone groups is 1. The summed E-state index contributed by atoms with van der Waals surface area (Å²) >= 11 is 0. The van der Waals surface area contributed by atoms with Crippen LogP contribution in [0.2, 0.25) is 0 Å². The lowest BCUT2D eigenvalue weighted by Gasteiger charge is -2.15. The Balaban J connectivity index is 1.67. The van der Waals surface area contributed by atoms with E-state index in [0.29, 0.717) is 30.8 Å². The fraction of sp³-hybridized carbons (Fsp3) is 0.200. The maximum atomic E-state index is 13.4. The summed E-state index contributed by atoms with van der Waals surface area (Å²) in [6, 6.07) is 24.3. The molecule has 35 heavy (non-hydrogen) atoms. The summed E-state index contributed by atoms with van der Waals surface area (Å²) in [7, 11) is -3.97. The number of aromatic nitrogens is 3. The van der Waals surface area contributed by atoms with Gasteiger partial charge < -0.3 is 10.3 Å². The summed E-state index contributed by atoms with van der Waals surface area (Å²) in [5.41, 5.74) is 8.62. The Kier molecular flexibility index (Phi) is 7.33. The number of benzene rings is 3. The molecular formula is C25H25N5O4S. The molecule has 0 radical (unpaired) electrons. The summed E-state index contributed by atoms with van der Waals surface area (Å²) in [6.45, 7) is 0.318. The summed E-state index contributed by atoms with van der Waals surface area (Å²) in [6.07, 6.45) is 1.03. The van der Waals surface area contributed by atoms with Gasteiger partial charge in [0.2, 0.25) is 15.0 Å². The average Bonchev–Trinajstić information content (AvgIpc) is 3.29. The van der Waals surface area contributed by atoms with Crippen molar-refractivity contribution in [3.8, 4) is 0 Å². The van der Waals surface area contributed by atoms with Gasteiger partial charge in [-0.1, -0.05) is 72.8 Å². The minimum atomic E-state index is -3.97. The first-order chi connectivity index (χ1) is 16.8. The third-order valence-corrected chi connectivity index (χ3v) is 7.17. The molecule has 0 aliphatic carbocycles. The molecule has 0 unspecified atom stereocenters. The first-order valence-corrected chi connectivity index (χ1v) is 12.7. The maximum absolute atomic E-state index is 13.4. The normalized spacial score (nSPS) is 12.4. The third-order valence-electron chi connectivity index (χ3n) is 5.60. The lowest BCUT2D eigenvalue weighted by atomic mass is 10.1. The first-order valence-electron chi connectivity index (χ1n) is 11.1. The lowest BCUT2D eigenvalue weighted by Crippen LogP contribution is -2.22. The predicted octanol–water partition coefficient (Wildman–Crippen LogP) is 3.65. The highest BCUT2D eigenvalue weighted by Crippen LogP contribution is 2.23. The molecule has 180 valence electrons. The van der Waals surface area contributed by atoms with E-state index < -0.39 is 26.6 Å². The van der Waals surface area contributed by atoms with E-state index in [1.165, 1.54) is 24.3 Å². The molecule has 0 amide bonds. The van der Waals surface area contributed by atoms with E-state index in [-0.39, 0.29) is 10.8 Å². The monoisotopic (exact) mass is 491 g/mol. The molecule has 0 bridgehead atoms. The van der Waals surface area contributed by atoms with E-state index in [1.54, 1.807) is 4.57 Å². The molecule has 1 atom stereocenters. The largest absolute Gasteiger partial charge is 0.321 e. The highest BCUT2D eigenvalue weighted by molar-refractivity contribution is 7.90. The van der Waals surface area contributed by atoms with Gasteiger partial charge in [0.15, 0.2) is 5.82 Å². The highest BCUT2D eigenvalue weighted by Gasteiger charge is 2.28. The van der Waals surface area contributed by atoms with Crippen LogP contribution in [0.25, 0.3) is 0 Å². The number of rotatable bonds is 10. The molecule has 4 rings (SSSR count). The van der Waals surface area contributed by atoms with Gasteiger partial charge in [-0.3, -0.25) is 10.1 Å². The molecule has 9 nitrogen and oxygen atoms in total. The second-order valence-corrected chi connectivity index (χ2v) is 10.1. The van der Waals surface area contributed by atoms with Crippen molar-refractivity contribution in [1.82, 2.24) is 14.8 Å². The van der Waals surface area contributed by atoms with E-state index in [9.17, 15) is 18.5 Å². The smallest absolute Gasteiger partial charge is 0.269 e. The van der Waals surface area contributed by atoms with Gasteiger partial charge in [-0.05, 0) is 29.5 Å². The average molecular weight is 492 g/mol. The Bertz CT molecular complexity index is 1410. The molecule has 1 heterocycles. The third kappa shape index (κ3) is 5.97. The standard InChI is InChI=1S/C25H25N5O4S/c26-23(17-20-10-5-2-6-11-20)24-27-28-25(29(24)15-14-19-8-3-1-4-9-19)35(33,34)18-21-12-7-13-22(16-21)30(31)32/h1-13,16,23H,14-15,17-18,26H2/t23-/m0/s1. The van der Waals surface area contributed by atoms with Crippen molar-refractivity contribution in [1.29, 1.82) is 0 Å². The van der Waals surface area contributed by atoms with Crippen molar-refractivity contribution < 1.29 is 13.3 Å². The number of non-ortho nitro benzene ring substituents is 1. The molecule has 2 N–H and O–H groups in total. The second kappa shape index (κ2) is 10.6. The van der Waals surface area contributed by atoms with Crippen LogP contribution in [0.1, 0.15) is 28.6 Å². The van der Waals surface area contributed by atoms with Gasteiger partial charge in [0, 0.05) is 18.7 Å². The van der Waals surface area contributed by atoms with Crippen LogP contribution in [0.4, 0.5) is 5.69 Å². The van der Waals surface area contributed by atoms with Gasteiger partial charge in [-0.15, -0.1) is 10.2 Å². The van der Waals surface area contributed by atoms with Crippen molar-refractivity contribution in [2.75, 3.05) is 0 Å². The Labute approximate surface area is 203 Å². The summed E-state index contributed by atoms with van der Waals surface area (Å²) in [5, 5.41) is 19.1. The molecule has 0 saturated carbocycles. The number of hydrogen-bond acceptors (Lipinski definition) is 7. The minimum Gasteiger partial charge on any atom is -0.321 e. The Hall–Kier alpha value is -3.89. The van der Waals surface area contributed by atoms with Gasteiger partial charge in [0.1, 0.15) is 0 Å². The zero-order valence-corrected chi connectivity index (χ0v) is 19.7. The van der Waals surface area contributed by atoms with Crippen LogP contribution in [0, 0.1) is 10.1 Å². The Morgan fingerprint density at radius 3 is 2.17 bits per heavy atom. The van der Waals surface area contributed by atoms with Gasteiger partial charge in [-0.2, -0.15) is 0 Å². The van der Waals surface area contributed by atoms with E-state index in [2.05, 4.69) is 10.2 Å². The zero-order valence-electron chi connectivity index (χ0n) is 18.9. The van der Waals surface area contributed by atoms with Gasteiger partial charge in [0.25, 0.3) is 5.69 Å².